The topological polar surface area (TPSA) is 38.7 Å². The first-order valence-electron chi connectivity index (χ1n) is 15.8. The molecule has 10 rings (SSSR count). The molecule has 47 heavy (non-hydrogen) atoms. The van der Waals surface area contributed by atoms with E-state index in [9.17, 15) is 0 Å². The quantitative estimate of drug-likeness (QED) is 0.186. The van der Waals surface area contributed by atoms with Gasteiger partial charge < -0.3 is 0 Å². The molecule has 8 aromatic carbocycles. The molecule has 10 aromatic rings. The third-order valence-corrected chi connectivity index (χ3v) is 10.4. The summed E-state index contributed by atoms with van der Waals surface area (Å²) < 4.78 is 2.50. The molecular weight excluding hydrogens is 591 g/mol. The Hall–Kier alpha value is -5.97. The lowest BCUT2D eigenvalue weighted by molar-refractivity contribution is 1.08. The fourth-order valence-corrected chi connectivity index (χ4v) is 8.14. The first kappa shape index (κ1) is 26.3. The second-order valence-corrected chi connectivity index (χ2v) is 13.1. The second kappa shape index (κ2) is 10.3. The van der Waals surface area contributed by atoms with Gasteiger partial charge in [0.2, 0.25) is 0 Å². The summed E-state index contributed by atoms with van der Waals surface area (Å²) in [6, 6.07) is 54.0. The van der Waals surface area contributed by atoms with Crippen LogP contribution in [-0.4, -0.2) is 15.0 Å². The number of nitrogens with zero attached hydrogens (tertiary/aromatic N) is 3. The number of hydrogen-bond acceptors (Lipinski definition) is 4. The van der Waals surface area contributed by atoms with Gasteiger partial charge in [0.25, 0.3) is 0 Å². The minimum atomic E-state index is 0.663. The number of hydrogen-bond donors (Lipinski definition) is 0. The Kier molecular flexibility index (Phi) is 5.74. The predicted molar refractivity (Wildman–Crippen MR) is 199 cm³/mol. The molecule has 0 aliphatic rings. The van der Waals surface area contributed by atoms with Crippen LogP contribution in [0.15, 0.2) is 152 Å². The maximum absolute atomic E-state index is 5.19. The molecule has 0 saturated carbocycles. The van der Waals surface area contributed by atoms with Crippen LogP contribution < -0.4 is 0 Å². The third kappa shape index (κ3) is 4.23. The molecule has 218 valence electrons. The smallest absolute Gasteiger partial charge is 0.164 e. The minimum absolute atomic E-state index is 0.663. The summed E-state index contributed by atoms with van der Waals surface area (Å²) in [6.45, 7) is 0. The van der Waals surface area contributed by atoms with Gasteiger partial charge in [0.1, 0.15) is 0 Å². The molecule has 4 heteroatoms. The van der Waals surface area contributed by atoms with Gasteiger partial charge in [-0.15, -0.1) is 11.3 Å². The van der Waals surface area contributed by atoms with E-state index in [4.69, 9.17) is 15.0 Å². The summed E-state index contributed by atoms with van der Waals surface area (Å²) >= 11 is 1.81. The van der Waals surface area contributed by atoms with E-state index in [2.05, 4.69) is 152 Å². The minimum Gasteiger partial charge on any atom is -0.208 e. The van der Waals surface area contributed by atoms with Gasteiger partial charge in [0.05, 0.1) is 0 Å². The van der Waals surface area contributed by atoms with E-state index in [0.717, 1.165) is 27.5 Å². The van der Waals surface area contributed by atoms with Crippen LogP contribution in [0.3, 0.4) is 0 Å². The van der Waals surface area contributed by atoms with Crippen LogP contribution in [0.2, 0.25) is 0 Å². The van der Waals surface area contributed by atoms with E-state index < -0.39 is 0 Å². The molecular formula is C43H25N3S. The van der Waals surface area contributed by atoms with Crippen LogP contribution in [0, 0.1) is 0 Å². The molecule has 0 spiro atoms. The molecule has 0 aliphatic heterocycles. The van der Waals surface area contributed by atoms with Crippen molar-refractivity contribution in [3.05, 3.63) is 152 Å². The van der Waals surface area contributed by atoms with Gasteiger partial charge in [-0.2, -0.15) is 0 Å². The van der Waals surface area contributed by atoms with E-state index in [1.807, 2.05) is 0 Å². The van der Waals surface area contributed by atoms with Crippen molar-refractivity contribution in [2.24, 2.45) is 0 Å². The summed E-state index contributed by atoms with van der Waals surface area (Å²) in [7, 11) is 0. The average Bonchev–Trinajstić information content (AvgIpc) is 3.52. The van der Waals surface area contributed by atoms with Crippen LogP contribution in [-0.2, 0) is 0 Å². The van der Waals surface area contributed by atoms with E-state index in [1.165, 1.54) is 52.5 Å². The van der Waals surface area contributed by atoms with Gasteiger partial charge in [-0.1, -0.05) is 133 Å². The molecule has 2 aromatic heterocycles. The lowest BCUT2D eigenvalue weighted by Gasteiger charge is -2.13. The Bertz CT molecular complexity index is 2870. The van der Waals surface area contributed by atoms with Gasteiger partial charge >= 0.3 is 0 Å². The lowest BCUT2D eigenvalue weighted by atomic mass is 9.95. The molecule has 0 N–H and O–H groups in total. The van der Waals surface area contributed by atoms with Gasteiger partial charge in [0, 0.05) is 36.9 Å². The van der Waals surface area contributed by atoms with E-state index in [1.54, 1.807) is 11.3 Å². The SMILES string of the molecule is c1ccc2cc(-c3nc(-c4ccc5c(c4)sc4ccccc45)nc(-c4cccc5c4ccc4c6ccccc6ccc54)n3)ccc2c1. The lowest BCUT2D eigenvalue weighted by Crippen LogP contribution is -2.00. The van der Waals surface area contributed by atoms with Crippen molar-refractivity contribution >= 4 is 74.6 Å². The van der Waals surface area contributed by atoms with E-state index in [0.29, 0.717) is 17.5 Å². The van der Waals surface area contributed by atoms with Crippen molar-refractivity contribution in [2.45, 2.75) is 0 Å². The van der Waals surface area contributed by atoms with E-state index in [-0.39, 0.29) is 0 Å². The summed E-state index contributed by atoms with van der Waals surface area (Å²) in [5, 5.41) is 12.2. The van der Waals surface area contributed by atoms with Crippen LogP contribution in [0.5, 0.6) is 0 Å². The predicted octanol–water partition coefficient (Wildman–Crippen LogP) is 11.9. The molecule has 0 atom stereocenters. The van der Waals surface area contributed by atoms with Crippen LogP contribution >= 0.6 is 11.3 Å². The maximum atomic E-state index is 5.19. The number of fused-ring (bicyclic) bond motifs is 9. The van der Waals surface area contributed by atoms with Gasteiger partial charge in [-0.05, 0) is 61.3 Å². The Morgan fingerprint density at radius 3 is 1.77 bits per heavy atom. The van der Waals surface area contributed by atoms with Gasteiger partial charge in [-0.3, -0.25) is 0 Å². The average molecular weight is 616 g/mol. The Morgan fingerprint density at radius 2 is 0.872 bits per heavy atom. The zero-order valence-corrected chi connectivity index (χ0v) is 26.0. The largest absolute Gasteiger partial charge is 0.208 e. The number of thiophene rings is 1. The standard InChI is InChI=1S/C43H25N3S/c1-2-10-28-24-29(17-16-26(28)8-1)41-44-42(30-19-21-37-36-12-5-6-15-39(36)47-40(37)25-30)46-43(45-41)38-14-7-13-32-34-20-18-27-9-3-4-11-31(27)33(34)22-23-35(32)38/h1-25H. The summed E-state index contributed by atoms with van der Waals surface area (Å²) in [5.41, 5.74) is 2.94. The molecule has 0 saturated heterocycles. The monoisotopic (exact) mass is 615 g/mol. The zero-order valence-electron chi connectivity index (χ0n) is 25.2. The molecule has 2 heterocycles. The van der Waals surface area contributed by atoms with Crippen LogP contribution in [0.25, 0.3) is 97.4 Å². The zero-order chi connectivity index (χ0) is 30.9. The van der Waals surface area contributed by atoms with Crippen molar-refractivity contribution in [3.63, 3.8) is 0 Å². The summed E-state index contributed by atoms with van der Waals surface area (Å²) in [6.07, 6.45) is 0. The van der Waals surface area contributed by atoms with E-state index >= 15 is 0 Å². The highest BCUT2D eigenvalue weighted by Crippen LogP contribution is 2.38. The highest BCUT2D eigenvalue weighted by atomic mass is 32.1. The first-order valence-corrected chi connectivity index (χ1v) is 16.6. The normalized spacial score (nSPS) is 11.8. The Morgan fingerprint density at radius 1 is 0.319 bits per heavy atom. The molecule has 0 unspecified atom stereocenters. The van der Waals surface area contributed by atoms with Crippen molar-refractivity contribution < 1.29 is 0 Å². The third-order valence-electron chi connectivity index (χ3n) is 9.30. The second-order valence-electron chi connectivity index (χ2n) is 12.0. The molecule has 0 fully saturated rings. The van der Waals surface area contributed by atoms with Gasteiger partial charge in [0.15, 0.2) is 17.5 Å². The molecule has 0 radical (unpaired) electrons. The summed E-state index contributed by atoms with van der Waals surface area (Å²) in [4.78, 5) is 15.5. The van der Waals surface area contributed by atoms with Crippen molar-refractivity contribution in [2.75, 3.05) is 0 Å². The fraction of sp³-hybridized carbons (Fsp3) is 0. The Balaban J connectivity index is 1.21. The first-order chi connectivity index (χ1) is 23.3. The number of rotatable bonds is 3. The molecule has 0 aliphatic carbocycles. The highest BCUT2D eigenvalue weighted by Gasteiger charge is 2.17. The van der Waals surface area contributed by atoms with Crippen molar-refractivity contribution in [1.29, 1.82) is 0 Å². The van der Waals surface area contributed by atoms with Crippen LogP contribution in [0.4, 0.5) is 0 Å². The number of aromatic nitrogens is 3. The molecule has 3 nitrogen and oxygen atoms in total. The fourth-order valence-electron chi connectivity index (χ4n) is 7.00. The summed E-state index contributed by atoms with van der Waals surface area (Å²) in [5.74, 6) is 2.00. The maximum Gasteiger partial charge on any atom is 0.164 e. The van der Waals surface area contributed by atoms with Crippen molar-refractivity contribution in [3.8, 4) is 34.2 Å². The Labute approximate surface area is 274 Å². The molecule has 0 amide bonds. The van der Waals surface area contributed by atoms with Gasteiger partial charge in [-0.25, -0.2) is 15.0 Å². The highest BCUT2D eigenvalue weighted by molar-refractivity contribution is 7.25. The van der Waals surface area contributed by atoms with Crippen LogP contribution in [0.1, 0.15) is 0 Å². The molecule has 0 bridgehead atoms. The van der Waals surface area contributed by atoms with Crippen molar-refractivity contribution in [1.82, 2.24) is 15.0 Å². The number of benzene rings is 8.